The third-order valence-corrected chi connectivity index (χ3v) is 6.97. The van der Waals surface area contributed by atoms with Crippen LogP contribution in [0.2, 0.25) is 0 Å². The number of aliphatic carboxylic acids is 2. The van der Waals surface area contributed by atoms with E-state index in [1.807, 2.05) is 0 Å². The fourth-order valence-electron chi connectivity index (χ4n) is 4.57. The van der Waals surface area contributed by atoms with Gasteiger partial charge in [0.15, 0.2) is 0 Å². The summed E-state index contributed by atoms with van der Waals surface area (Å²) in [5.41, 5.74) is 0. The number of carboxylic acids is 2. The van der Waals surface area contributed by atoms with Gasteiger partial charge in [0.1, 0.15) is 0 Å². The van der Waals surface area contributed by atoms with Crippen LogP contribution >= 0.6 is 0 Å². The fourth-order valence-corrected chi connectivity index (χ4v) is 4.57. The average Bonchev–Trinajstić information content (AvgIpc) is 2.89. The Kier molecular flexibility index (Phi) is 35.9. The van der Waals surface area contributed by atoms with Crippen LogP contribution in [0.5, 0.6) is 0 Å². The minimum Gasteiger partial charge on any atom is -0.478 e. The standard InChI is InChI=1S/C18H34O2.C16H30O2/c1-2-3-4-5-6-7-8-9-10-11-12-13-14-15-16-17-18(19)20;1-2-3-4-5-6-7-8-9-10-11-12-13-14-15-16(17)18/h16-17H,2-15H2,1H3,(H,19,20);14-15H,2-13H2,1H3,(H,17,18)/b17-16+;15-14+. The maximum Gasteiger partial charge on any atom is 0.327 e. The van der Waals surface area contributed by atoms with Gasteiger partial charge in [0.25, 0.3) is 0 Å². The van der Waals surface area contributed by atoms with E-state index in [-0.39, 0.29) is 0 Å². The lowest BCUT2D eigenvalue weighted by Crippen LogP contribution is -1.86. The summed E-state index contributed by atoms with van der Waals surface area (Å²) < 4.78 is 0. The molecule has 0 spiro atoms. The van der Waals surface area contributed by atoms with Gasteiger partial charge in [-0.15, -0.1) is 0 Å². The molecule has 4 nitrogen and oxygen atoms in total. The Hall–Kier alpha value is -1.58. The summed E-state index contributed by atoms with van der Waals surface area (Å²) in [7, 11) is 0. The van der Waals surface area contributed by atoms with Gasteiger partial charge in [-0.25, -0.2) is 9.59 Å². The lowest BCUT2D eigenvalue weighted by atomic mass is 10.0. The second-order valence-electron chi connectivity index (χ2n) is 10.8. The molecule has 0 aliphatic rings. The smallest absolute Gasteiger partial charge is 0.327 e. The Balaban J connectivity index is 0. The van der Waals surface area contributed by atoms with Crippen LogP contribution < -0.4 is 0 Å². The van der Waals surface area contributed by atoms with Gasteiger partial charge in [0.05, 0.1) is 0 Å². The second kappa shape index (κ2) is 35.4. The van der Waals surface area contributed by atoms with Crippen molar-refractivity contribution in [2.24, 2.45) is 0 Å². The van der Waals surface area contributed by atoms with Gasteiger partial charge in [-0.1, -0.05) is 167 Å². The van der Waals surface area contributed by atoms with Crippen LogP contribution in [0.3, 0.4) is 0 Å². The van der Waals surface area contributed by atoms with Gasteiger partial charge in [-0.05, 0) is 25.7 Å². The van der Waals surface area contributed by atoms with Gasteiger partial charge in [-0.3, -0.25) is 0 Å². The van der Waals surface area contributed by atoms with E-state index in [2.05, 4.69) is 13.8 Å². The van der Waals surface area contributed by atoms with Gasteiger partial charge in [0, 0.05) is 12.2 Å². The van der Waals surface area contributed by atoms with E-state index < -0.39 is 11.9 Å². The summed E-state index contributed by atoms with van der Waals surface area (Å²) in [5.74, 6) is -1.67. The first-order valence-corrected chi connectivity index (χ1v) is 16.3. The van der Waals surface area contributed by atoms with Crippen LogP contribution in [0.25, 0.3) is 0 Å². The lowest BCUT2D eigenvalue weighted by Gasteiger charge is -2.02. The molecule has 0 aliphatic carbocycles. The Labute approximate surface area is 236 Å². The van der Waals surface area contributed by atoms with Crippen molar-refractivity contribution in [1.82, 2.24) is 0 Å². The highest BCUT2D eigenvalue weighted by atomic mass is 16.4. The molecule has 0 unspecified atom stereocenters. The first-order chi connectivity index (χ1) is 18.5. The molecular weight excluding hydrogens is 472 g/mol. The van der Waals surface area contributed by atoms with Gasteiger partial charge < -0.3 is 10.2 Å². The third-order valence-electron chi connectivity index (χ3n) is 6.97. The molecule has 0 saturated carbocycles. The molecule has 0 atom stereocenters. The molecule has 0 rings (SSSR count). The number of hydrogen-bond donors (Lipinski definition) is 2. The van der Waals surface area contributed by atoms with E-state index >= 15 is 0 Å². The van der Waals surface area contributed by atoms with Crippen LogP contribution in [-0.2, 0) is 9.59 Å². The highest BCUT2D eigenvalue weighted by molar-refractivity contribution is 5.79. The van der Waals surface area contributed by atoms with Gasteiger partial charge in [0.2, 0.25) is 0 Å². The van der Waals surface area contributed by atoms with Crippen molar-refractivity contribution in [3.05, 3.63) is 24.3 Å². The van der Waals surface area contributed by atoms with E-state index in [4.69, 9.17) is 10.2 Å². The van der Waals surface area contributed by atoms with Gasteiger partial charge in [-0.2, -0.15) is 0 Å². The summed E-state index contributed by atoms with van der Waals surface area (Å²) in [6.45, 7) is 4.52. The van der Waals surface area contributed by atoms with Crippen LogP contribution in [0.4, 0.5) is 0 Å². The first-order valence-electron chi connectivity index (χ1n) is 16.3. The summed E-state index contributed by atoms with van der Waals surface area (Å²) >= 11 is 0. The molecule has 38 heavy (non-hydrogen) atoms. The van der Waals surface area contributed by atoms with E-state index in [1.54, 1.807) is 12.2 Å². The molecule has 2 N–H and O–H groups in total. The minimum absolute atomic E-state index is 0.834. The maximum atomic E-state index is 10.2. The van der Waals surface area contributed by atoms with Crippen molar-refractivity contribution in [2.75, 3.05) is 0 Å². The Morgan fingerprint density at radius 3 is 0.816 bits per heavy atom. The van der Waals surface area contributed by atoms with E-state index in [0.29, 0.717) is 0 Å². The second-order valence-corrected chi connectivity index (χ2v) is 10.8. The van der Waals surface area contributed by atoms with Crippen molar-refractivity contribution < 1.29 is 19.8 Å². The van der Waals surface area contributed by atoms with Crippen molar-refractivity contribution in [3.63, 3.8) is 0 Å². The maximum absolute atomic E-state index is 10.2. The van der Waals surface area contributed by atoms with Crippen LogP contribution in [0, 0.1) is 0 Å². The van der Waals surface area contributed by atoms with Crippen molar-refractivity contribution in [1.29, 1.82) is 0 Å². The lowest BCUT2D eigenvalue weighted by molar-refractivity contribution is -0.132. The van der Waals surface area contributed by atoms with Crippen molar-refractivity contribution >= 4 is 11.9 Å². The first kappa shape index (κ1) is 38.6. The molecule has 0 aromatic rings. The molecule has 0 radical (unpaired) electrons. The van der Waals surface area contributed by atoms with Crippen LogP contribution in [0.15, 0.2) is 24.3 Å². The Bertz CT molecular complexity index is 539. The molecule has 0 aliphatic heterocycles. The van der Waals surface area contributed by atoms with Crippen LogP contribution in [0.1, 0.15) is 181 Å². The minimum atomic E-state index is -0.835. The third kappa shape index (κ3) is 41.5. The topological polar surface area (TPSA) is 74.6 Å². The van der Waals surface area contributed by atoms with Gasteiger partial charge >= 0.3 is 11.9 Å². The molecule has 0 aromatic carbocycles. The molecule has 0 bridgehead atoms. The van der Waals surface area contributed by atoms with E-state index in [1.165, 1.54) is 153 Å². The molecule has 4 heteroatoms. The molecule has 0 amide bonds. The fraction of sp³-hybridized carbons (Fsp3) is 0.824. The Morgan fingerprint density at radius 1 is 0.395 bits per heavy atom. The summed E-state index contributed by atoms with van der Waals surface area (Å²) in [6, 6.07) is 0. The number of rotatable bonds is 28. The quantitative estimate of drug-likeness (QED) is 0.0770. The predicted molar refractivity (Wildman–Crippen MR) is 165 cm³/mol. The SMILES string of the molecule is CCCCCCCCCCCCC/C=C/C(=O)O.CCCCCCCCCCCCCCC/C=C/C(=O)O. The number of allylic oxidation sites excluding steroid dienone is 2. The largest absolute Gasteiger partial charge is 0.478 e. The summed E-state index contributed by atoms with van der Waals surface area (Å²) in [4.78, 5) is 20.5. The predicted octanol–water partition coefficient (Wildman–Crippen LogP) is 11.4. The van der Waals surface area contributed by atoms with E-state index in [9.17, 15) is 9.59 Å². The molecule has 0 fully saturated rings. The summed E-state index contributed by atoms with van der Waals surface area (Å²) in [5, 5.41) is 16.8. The number of unbranched alkanes of at least 4 members (excludes halogenated alkanes) is 24. The zero-order valence-corrected chi connectivity index (χ0v) is 25.4. The highest BCUT2D eigenvalue weighted by Gasteiger charge is 1.94. The highest BCUT2D eigenvalue weighted by Crippen LogP contribution is 2.13. The monoisotopic (exact) mass is 536 g/mol. The molecule has 0 heterocycles. The normalized spacial score (nSPS) is 11.2. The zero-order valence-electron chi connectivity index (χ0n) is 25.4. The number of carboxylic acid groups (broad SMARTS) is 2. The number of hydrogen-bond acceptors (Lipinski definition) is 2. The summed E-state index contributed by atoms with van der Waals surface area (Å²) in [6.07, 6.45) is 40.2. The molecule has 0 saturated heterocycles. The van der Waals surface area contributed by atoms with Crippen LogP contribution in [-0.4, -0.2) is 22.2 Å². The zero-order chi connectivity index (χ0) is 28.4. The molecular formula is C34H64O4. The average molecular weight is 537 g/mol. The Morgan fingerprint density at radius 2 is 0.605 bits per heavy atom. The van der Waals surface area contributed by atoms with Crippen molar-refractivity contribution in [2.45, 2.75) is 181 Å². The molecule has 0 aromatic heterocycles. The van der Waals surface area contributed by atoms with E-state index in [0.717, 1.165) is 25.7 Å². The molecule has 224 valence electrons. The number of carbonyl (C=O) groups is 2. The van der Waals surface area contributed by atoms with Crippen molar-refractivity contribution in [3.8, 4) is 0 Å².